The topological polar surface area (TPSA) is 61.3 Å². The van der Waals surface area contributed by atoms with Crippen LogP contribution in [-0.4, -0.2) is 23.0 Å². The van der Waals surface area contributed by atoms with E-state index in [1.54, 1.807) is 19.2 Å². The number of hydrogen-bond donors (Lipinski definition) is 0. The number of methoxy groups -OCH3 is 1. The monoisotopic (exact) mass is 438 g/mol. The molecule has 128 valence electrons. The zero-order valence-electron chi connectivity index (χ0n) is 13.0. The fraction of sp³-hybridized carbons (Fsp3) is 0.118. The highest BCUT2D eigenvalue weighted by Crippen LogP contribution is 2.34. The molecular formula is C17H12BrClN2O3S. The predicted molar refractivity (Wildman–Crippen MR) is 100 cm³/mol. The van der Waals surface area contributed by atoms with E-state index in [0.717, 1.165) is 20.8 Å². The minimum atomic E-state index is -0.535. The minimum absolute atomic E-state index is 0.0525. The maximum Gasteiger partial charge on any atom is 0.341 e. The van der Waals surface area contributed by atoms with E-state index in [4.69, 9.17) is 21.1 Å². The number of halogens is 2. The third-order valence-corrected chi connectivity index (χ3v) is 4.99. The Balaban J connectivity index is 1.74. The Hall–Kier alpha value is -1.96. The second kappa shape index (κ2) is 7.95. The first-order valence-electron chi connectivity index (χ1n) is 7.14. The van der Waals surface area contributed by atoms with Crippen molar-refractivity contribution in [3.63, 3.8) is 0 Å². The summed E-state index contributed by atoms with van der Waals surface area (Å²) in [5.74, 6) is 0.191. The Morgan fingerprint density at radius 3 is 2.96 bits per heavy atom. The molecule has 3 aromatic rings. The molecule has 0 amide bonds. The third-order valence-electron chi connectivity index (χ3n) is 3.27. The van der Waals surface area contributed by atoms with Gasteiger partial charge in [-0.3, -0.25) is 0 Å². The van der Waals surface area contributed by atoms with Gasteiger partial charge < -0.3 is 9.47 Å². The molecule has 0 aliphatic carbocycles. The van der Waals surface area contributed by atoms with E-state index in [1.807, 2.05) is 23.6 Å². The number of pyridine rings is 1. The number of rotatable bonds is 5. The molecule has 0 bridgehead atoms. The molecule has 0 radical (unpaired) electrons. The number of aromatic nitrogens is 2. The minimum Gasteiger partial charge on any atom is -0.496 e. The van der Waals surface area contributed by atoms with E-state index in [2.05, 4.69) is 25.9 Å². The molecule has 0 saturated carbocycles. The number of ether oxygens (including phenoxy) is 2. The van der Waals surface area contributed by atoms with Gasteiger partial charge in [0.15, 0.2) is 0 Å². The Bertz CT molecular complexity index is 916. The van der Waals surface area contributed by atoms with Gasteiger partial charge in [0, 0.05) is 16.0 Å². The van der Waals surface area contributed by atoms with Crippen LogP contribution in [-0.2, 0) is 11.3 Å². The van der Waals surface area contributed by atoms with E-state index in [9.17, 15) is 4.79 Å². The van der Waals surface area contributed by atoms with Crippen LogP contribution < -0.4 is 4.74 Å². The van der Waals surface area contributed by atoms with Crippen LogP contribution in [0.1, 0.15) is 16.1 Å². The summed E-state index contributed by atoms with van der Waals surface area (Å²) in [6, 6.07) is 8.89. The molecule has 5 nitrogen and oxygen atoms in total. The van der Waals surface area contributed by atoms with Gasteiger partial charge in [0.2, 0.25) is 0 Å². The van der Waals surface area contributed by atoms with Gasteiger partial charge in [0.25, 0.3) is 0 Å². The van der Waals surface area contributed by atoms with Gasteiger partial charge >= 0.3 is 5.97 Å². The zero-order valence-corrected chi connectivity index (χ0v) is 16.2. The summed E-state index contributed by atoms with van der Waals surface area (Å²) in [4.78, 5) is 20.4. The van der Waals surface area contributed by atoms with Gasteiger partial charge in [-0.25, -0.2) is 14.8 Å². The van der Waals surface area contributed by atoms with Crippen molar-refractivity contribution in [2.75, 3.05) is 7.11 Å². The van der Waals surface area contributed by atoms with Gasteiger partial charge in [-0.1, -0.05) is 27.5 Å². The van der Waals surface area contributed by atoms with Crippen molar-refractivity contribution in [3.05, 3.63) is 62.8 Å². The molecule has 0 fully saturated rings. The van der Waals surface area contributed by atoms with Crippen LogP contribution in [0.3, 0.4) is 0 Å². The molecule has 0 aliphatic heterocycles. The molecule has 0 N–H and O–H groups in total. The number of nitrogens with zero attached hydrogens (tertiary/aromatic N) is 2. The van der Waals surface area contributed by atoms with E-state index in [-0.39, 0.29) is 17.3 Å². The third kappa shape index (κ3) is 4.18. The van der Waals surface area contributed by atoms with Crippen molar-refractivity contribution < 1.29 is 14.3 Å². The highest BCUT2D eigenvalue weighted by molar-refractivity contribution is 9.10. The fourth-order valence-electron chi connectivity index (χ4n) is 2.10. The summed E-state index contributed by atoms with van der Waals surface area (Å²) in [6.07, 6.45) is 1.51. The zero-order chi connectivity index (χ0) is 17.8. The molecule has 0 atom stereocenters. The lowest BCUT2D eigenvalue weighted by atomic mass is 10.2. The molecule has 0 aliphatic rings. The van der Waals surface area contributed by atoms with Gasteiger partial charge in [0.1, 0.15) is 22.5 Å². The van der Waals surface area contributed by atoms with Crippen LogP contribution >= 0.6 is 38.9 Å². The second-order valence-corrected chi connectivity index (χ2v) is 7.04. The van der Waals surface area contributed by atoms with Gasteiger partial charge in [-0.2, -0.15) is 0 Å². The molecule has 8 heteroatoms. The van der Waals surface area contributed by atoms with Crippen LogP contribution in [0.4, 0.5) is 0 Å². The summed E-state index contributed by atoms with van der Waals surface area (Å²) >= 11 is 10.8. The lowest BCUT2D eigenvalue weighted by molar-refractivity contribution is 0.0468. The highest BCUT2D eigenvalue weighted by atomic mass is 79.9. The van der Waals surface area contributed by atoms with Crippen molar-refractivity contribution >= 4 is 44.8 Å². The number of benzene rings is 1. The quantitative estimate of drug-likeness (QED) is 0.414. The number of carbonyl (C=O) groups is 1. The highest BCUT2D eigenvalue weighted by Gasteiger charge is 2.15. The Morgan fingerprint density at radius 1 is 1.36 bits per heavy atom. The molecule has 3 rings (SSSR count). The van der Waals surface area contributed by atoms with Crippen molar-refractivity contribution in [1.29, 1.82) is 0 Å². The Kier molecular flexibility index (Phi) is 5.67. The van der Waals surface area contributed by atoms with Crippen LogP contribution in [0.5, 0.6) is 5.75 Å². The average molecular weight is 440 g/mol. The summed E-state index contributed by atoms with van der Waals surface area (Å²) in [5, 5.41) is 2.74. The summed E-state index contributed by atoms with van der Waals surface area (Å²) < 4.78 is 11.6. The summed E-state index contributed by atoms with van der Waals surface area (Å²) in [7, 11) is 1.61. The predicted octanol–water partition coefficient (Wildman–Crippen LogP) is 4.99. The van der Waals surface area contributed by atoms with E-state index in [0.29, 0.717) is 5.69 Å². The second-order valence-electron chi connectivity index (χ2n) is 4.91. The van der Waals surface area contributed by atoms with Gasteiger partial charge in [0.05, 0.1) is 23.9 Å². The van der Waals surface area contributed by atoms with Crippen molar-refractivity contribution in [1.82, 2.24) is 9.97 Å². The van der Waals surface area contributed by atoms with Gasteiger partial charge in [-0.05, 0) is 30.3 Å². The SMILES string of the molecule is COc1ccc(Br)cc1-c1nc(COC(=O)c2cccnc2Cl)cs1. The van der Waals surface area contributed by atoms with E-state index < -0.39 is 5.97 Å². The molecule has 0 saturated heterocycles. The Morgan fingerprint density at radius 2 is 2.20 bits per heavy atom. The maximum absolute atomic E-state index is 12.1. The van der Waals surface area contributed by atoms with E-state index >= 15 is 0 Å². The Labute approximate surface area is 161 Å². The lowest BCUT2D eigenvalue weighted by Crippen LogP contribution is -2.06. The number of hydrogen-bond acceptors (Lipinski definition) is 6. The first-order chi connectivity index (χ1) is 12.1. The largest absolute Gasteiger partial charge is 0.496 e. The molecule has 2 aromatic heterocycles. The molecule has 0 spiro atoms. The van der Waals surface area contributed by atoms with Crippen molar-refractivity contribution in [2.24, 2.45) is 0 Å². The summed E-state index contributed by atoms with van der Waals surface area (Å²) in [6.45, 7) is 0.0525. The fourth-order valence-corrected chi connectivity index (χ4v) is 3.48. The number of thiazole rings is 1. The molecule has 2 heterocycles. The smallest absolute Gasteiger partial charge is 0.341 e. The first kappa shape index (κ1) is 17.8. The molecular weight excluding hydrogens is 428 g/mol. The van der Waals surface area contributed by atoms with E-state index in [1.165, 1.54) is 17.5 Å². The first-order valence-corrected chi connectivity index (χ1v) is 9.19. The van der Waals surface area contributed by atoms with Crippen LogP contribution in [0.25, 0.3) is 10.6 Å². The molecule has 25 heavy (non-hydrogen) atoms. The number of esters is 1. The lowest BCUT2D eigenvalue weighted by Gasteiger charge is -2.06. The molecule has 0 unspecified atom stereocenters. The van der Waals surface area contributed by atoms with Crippen LogP contribution in [0.2, 0.25) is 5.15 Å². The molecule has 1 aromatic carbocycles. The number of carbonyl (C=O) groups excluding carboxylic acids is 1. The van der Waals surface area contributed by atoms with Crippen molar-refractivity contribution in [2.45, 2.75) is 6.61 Å². The average Bonchev–Trinajstić information content (AvgIpc) is 3.09. The van der Waals surface area contributed by atoms with Crippen molar-refractivity contribution in [3.8, 4) is 16.3 Å². The van der Waals surface area contributed by atoms with Crippen LogP contribution in [0, 0.1) is 0 Å². The van der Waals surface area contributed by atoms with Gasteiger partial charge in [-0.15, -0.1) is 11.3 Å². The summed E-state index contributed by atoms with van der Waals surface area (Å²) in [5.41, 5.74) is 1.75. The maximum atomic E-state index is 12.1. The normalized spacial score (nSPS) is 10.5. The standard InChI is InChI=1S/C17H12BrClN2O3S/c1-23-14-5-4-10(18)7-13(14)16-21-11(9-25-16)8-24-17(22)12-3-2-6-20-15(12)19/h2-7,9H,8H2,1H3. The van der Waals surface area contributed by atoms with Crippen LogP contribution in [0.15, 0.2) is 46.4 Å².